The summed E-state index contributed by atoms with van der Waals surface area (Å²) in [6.45, 7) is 2.20. The Bertz CT molecular complexity index is 1040. The minimum Gasteiger partial charge on any atom is -0.495 e. The Morgan fingerprint density at radius 3 is 2.67 bits per heavy atom. The molecule has 0 aliphatic heterocycles. The van der Waals surface area contributed by atoms with E-state index < -0.39 is 5.91 Å². The molecular weight excluding hydrogens is 364 g/mol. The minimum absolute atomic E-state index is 0.0492. The van der Waals surface area contributed by atoms with Crippen LogP contribution in [0.1, 0.15) is 21.5 Å². The van der Waals surface area contributed by atoms with Gasteiger partial charge in [-0.15, -0.1) is 0 Å². The van der Waals surface area contributed by atoms with Crippen LogP contribution in [0.2, 0.25) is 5.02 Å². The number of amides is 1. The Morgan fingerprint density at radius 2 is 1.93 bits per heavy atom. The van der Waals surface area contributed by atoms with Crippen LogP contribution in [0.25, 0.3) is 0 Å². The van der Waals surface area contributed by atoms with Crippen LogP contribution in [0.3, 0.4) is 0 Å². The number of pyridine rings is 1. The first-order chi connectivity index (χ1) is 13.0. The standard InChI is InChI=1S/C21H19ClN2O3/c1-14-9-10-19(27-2)18(12-14)23-20(25)16-7-5-11-24(21(16)26)13-15-6-3-4-8-17(15)22/h3-12H,13H2,1-2H3,(H,23,25). The maximum Gasteiger partial charge on any atom is 0.263 e. The summed E-state index contributed by atoms with van der Waals surface area (Å²) >= 11 is 6.18. The lowest BCUT2D eigenvalue weighted by Gasteiger charge is -2.12. The smallest absolute Gasteiger partial charge is 0.263 e. The van der Waals surface area contributed by atoms with E-state index in [1.807, 2.05) is 31.2 Å². The summed E-state index contributed by atoms with van der Waals surface area (Å²) in [5, 5.41) is 3.33. The molecule has 1 amide bonds. The normalized spacial score (nSPS) is 10.5. The number of nitrogens with zero attached hydrogens (tertiary/aromatic N) is 1. The predicted octanol–water partition coefficient (Wildman–Crippen LogP) is 4.12. The molecule has 3 rings (SSSR count). The van der Waals surface area contributed by atoms with Gasteiger partial charge in [-0.3, -0.25) is 9.59 Å². The Hall–Kier alpha value is -3.05. The second-order valence-electron chi connectivity index (χ2n) is 6.10. The molecule has 6 heteroatoms. The maximum absolute atomic E-state index is 12.8. The van der Waals surface area contributed by atoms with Crippen LogP contribution < -0.4 is 15.6 Å². The van der Waals surface area contributed by atoms with Crippen molar-refractivity contribution in [3.05, 3.63) is 92.9 Å². The molecular formula is C21H19ClN2O3. The molecule has 0 aliphatic rings. The van der Waals surface area contributed by atoms with Gasteiger partial charge in [0.1, 0.15) is 11.3 Å². The Morgan fingerprint density at radius 1 is 1.15 bits per heavy atom. The van der Waals surface area contributed by atoms with Gasteiger partial charge in [0.2, 0.25) is 0 Å². The molecule has 0 fully saturated rings. The molecule has 1 heterocycles. The number of hydrogen-bond donors (Lipinski definition) is 1. The molecule has 138 valence electrons. The fourth-order valence-electron chi connectivity index (χ4n) is 2.75. The highest BCUT2D eigenvalue weighted by Gasteiger charge is 2.15. The van der Waals surface area contributed by atoms with Crippen molar-refractivity contribution in [2.24, 2.45) is 0 Å². The average Bonchev–Trinajstić information content (AvgIpc) is 2.65. The topological polar surface area (TPSA) is 60.3 Å². The summed E-state index contributed by atoms with van der Waals surface area (Å²) < 4.78 is 6.73. The zero-order chi connectivity index (χ0) is 19.4. The molecule has 0 spiro atoms. The summed E-state index contributed by atoms with van der Waals surface area (Å²) in [5.74, 6) is 0.0404. The number of carbonyl (C=O) groups is 1. The van der Waals surface area contributed by atoms with Gasteiger partial charge in [-0.25, -0.2) is 0 Å². The van der Waals surface area contributed by atoms with Gasteiger partial charge in [-0.05, 0) is 48.4 Å². The third-order valence-electron chi connectivity index (χ3n) is 4.17. The number of rotatable bonds is 5. The zero-order valence-corrected chi connectivity index (χ0v) is 15.8. The predicted molar refractivity (Wildman–Crippen MR) is 107 cm³/mol. The van der Waals surface area contributed by atoms with Crippen LogP contribution in [-0.4, -0.2) is 17.6 Å². The third-order valence-corrected chi connectivity index (χ3v) is 4.54. The van der Waals surface area contributed by atoms with Gasteiger partial charge in [0.05, 0.1) is 19.3 Å². The number of aromatic nitrogens is 1. The fraction of sp³-hybridized carbons (Fsp3) is 0.143. The molecule has 5 nitrogen and oxygen atoms in total. The first-order valence-corrected chi connectivity index (χ1v) is 8.76. The van der Waals surface area contributed by atoms with Crippen LogP contribution in [0.15, 0.2) is 65.6 Å². The number of carbonyl (C=O) groups excluding carboxylic acids is 1. The quantitative estimate of drug-likeness (QED) is 0.722. The van der Waals surface area contributed by atoms with E-state index in [1.54, 1.807) is 30.5 Å². The number of benzene rings is 2. The first-order valence-electron chi connectivity index (χ1n) is 8.38. The lowest BCUT2D eigenvalue weighted by Crippen LogP contribution is -2.29. The minimum atomic E-state index is -0.489. The van der Waals surface area contributed by atoms with Crippen LogP contribution >= 0.6 is 11.6 Å². The Labute approximate surface area is 162 Å². The molecule has 1 aromatic heterocycles. The van der Waals surface area contributed by atoms with Crippen molar-refractivity contribution < 1.29 is 9.53 Å². The maximum atomic E-state index is 12.8. The van der Waals surface area contributed by atoms with Crippen LogP contribution in [0.4, 0.5) is 5.69 Å². The van der Waals surface area contributed by atoms with Crippen molar-refractivity contribution in [1.29, 1.82) is 0 Å². The SMILES string of the molecule is COc1ccc(C)cc1NC(=O)c1cccn(Cc2ccccc2Cl)c1=O. The third kappa shape index (κ3) is 4.20. The molecule has 0 saturated carbocycles. The van der Waals surface area contributed by atoms with Crippen LogP contribution in [-0.2, 0) is 6.54 Å². The fourth-order valence-corrected chi connectivity index (χ4v) is 2.95. The molecule has 3 aromatic rings. The van der Waals surface area contributed by atoms with Crippen molar-refractivity contribution >= 4 is 23.2 Å². The van der Waals surface area contributed by atoms with E-state index in [1.165, 1.54) is 17.7 Å². The van der Waals surface area contributed by atoms with Crippen molar-refractivity contribution in [3.8, 4) is 5.75 Å². The Kier molecular flexibility index (Phi) is 5.62. The summed E-state index contributed by atoms with van der Waals surface area (Å²) in [5.41, 5.74) is 1.95. The van der Waals surface area contributed by atoms with E-state index in [0.717, 1.165) is 11.1 Å². The van der Waals surface area contributed by atoms with Crippen molar-refractivity contribution in [3.63, 3.8) is 0 Å². The molecule has 1 N–H and O–H groups in total. The number of nitrogens with one attached hydrogen (secondary N) is 1. The number of aryl methyl sites for hydroxylation is 1. The van der Waals surface area contributed by atoms with Gasteiger partial charge in [-0.2, -0.15) is 0 Å². The summed E-state index contributed by atoms with van der Waals surface area (Å²) in [4.78, 5) is 25.4. The highest BCUT2D eigenvalue weighted by molar-refractivity contribution is 6.31. The molecule has 0 bridgehead atoms. The number of methoxy groups -OCH3 is 1. The average molecular weight is 383 g/mol. The van der Waals surface area contributed by atoms with Crippen molar-refractivity contribution in [2.75, 3.05) is 12.4 Å². The lowest BCUT2D eigenvalue weighted by molar-refractivity contribution is 0.102. The second kappa shape index (κ2) is 8.10. The van der Waals surface area contributed by atoms with E-state index in [2.05, 4.69) is 5.32 Å². The van der Waals surface area contributed by atoms with Gasteiger partial charge in [0.15, 0.2) is 0 Å². The number of anilines is 1. The van der Waals surface area contributed by atoms with Gasteiger partial charge in [0, 0.05) is 11.2 Å². The Balaban J connectivity index is 1.90. The molecule has 0 atom stereocenters. The van der Waals surface area contributed by atoms with Crippen molar-refractivity contribution in [1.82, 2.24) is 4.57 Å². The molecule has 0 aliphatic carbocycles. The van der Waals surface area contributed by atoms with E-state index in [-0.39, 0.29) is 17.7 Å². The lowest BCUT2D eigenvalue weighted by atomic mass is 10.2. The molecule has 27 heavy (non-hydrogen) atoms. The second-order valence-corrected chi connectivity index (χ2v) is 6.51. The molecule has 0 radical (unpaired) electrons. The number of hydrogen-bond acceptors (Lipinski definition) is 3. The summed E-state index contributed by atoms with van der Waals surface area (Å²) in [6, 6.07) is 15.9. The monoisotopic (exact) mass is 382 g/mol. The van der Waals surface area contributed by atoms with E-state index in [0.29, 0.717) is 16.5 Å². The first kappa shape index (κ1) is 18.7. The van der Waals surface area contributed by atoms with Gasteiger partial charge >= 0.3 is 0 Å². The van der Waals surface area contributed by atoms with E-state index in [4.69, 9.17) is 16.3 Å². The van der Waals surface area contributed by atoms with Gasteiger partial charge < -0.3 is 14.6 Å². The number of halogens is 1. The summed E-state index contributed by atoms with van der Waals surface area (Å²) in [7, 11) is 1.53. The number of ether oxygens (including phenoxy) is 1. The summed E-state index contributed by atoms with van der Waals surface area (Å²) in [6.07, 6.45) is 1.63. The highest BCUT2D eigenvalue weighted by Crippen LogP contribution is 2.25. The molecule has 0 unspecified atom stereocenters. The highest BCUT2D eigenvalue weighted by atomic mass is 35.5. The molecule has 2 aromatic carbocycles. The van der Waals surface area contributed by atoms with Gasteiger partial charge in [0.25, 0.3) is 11.5 Å². The van der Waals surface area contributed by atoms with E-state index in [9.17, 15) is 9.59 Å². The van der Waals surface area contributed by atoms with Crippen LogP contribution in [0, 0.1) is 6.92 Å². The van der Waals surface area contributed by atoms with Crippen molar-refractivity contribution in [2.45, 2.75) is 13.5 Å². The molecule has 0 saturated heterocycles. The zero-order valence-electron chi connectivity index (χ0n) is 15.0. The van der Waals surface area contributed by atoms with Crippen LogP contribution in [0.5, 0.6) is 5.75 Å². The van der Waals surface area contributed by atoms with E-state index >= 15 is 0 Å². The van der Waals surface area contributed by atoms with Gasteiger partial charge in [-0.1, -0.05) is 35.9 Å². The largest absolute Gasteiger partial charge is 0.495 e.